The molecule has 2 heterocycles. The minimum atomic E-state index is -0.525. The Morgan fingerprint density at radius 3 is 1.46 bits per heavy atom. The van der Waals surface area contributed by atoms with Gasteiger partial charge in [0.2, 0.25) is 0 Å². The van der Waals surface area contributed by atoms with Crippen molar-refractivity contribution in [3.8, 4) is 90.5 Å². The van der Waals surface area contributed by atoms with E-state index in [9.17, 15) is 0 Å². The Balaban J connectivity index is 0.888. The van der Waals surface area contributed by atoms with Gasteiger partial charge in [0, 0.05) is 22.3 Å². The summed E-state index contributed by atoms with van der Waals surface area (Å²) < 4.78 is 13.6. The topological polar surface area (TPSA) is 57.1 Å². The Hall–Kier alpha value is -8.41. The first-order valence-electron chi connectivity index (χ1n) is 21.2. The molecule has 1 aliphatic heterocycles. The molecule has 1 aliphatic carbocycles. The van der Waals surface area contributed by atoms with Crippen LogP contribution in [0.15, 0.2) is 224 Å². The standard InChI is InChI=1S/C58H37N3O2/c1-5-16-38(17-6-1)42-20-15-21-44(36-42)57-60-55(40-18-7-2-8-19-40)59-56(61-57)41-30-28-39(29-31-41)43-32-34-50-52(37-43)62-51-35-33-49-53(54(51)63-50)47-26-13-14-27-48(47)58(49,45-22-9-3-10-23-45)46-24-11-4-12-25-46/h1-37H. The molecule has 12 rings (SSSR count). The highest BCUT2D eigenvalue weighted by Gasteiger charge is 2.48. The highest BCUT2D eigenvalue weighted by atomic mass is 16.6. The third kappa shape index (κ3) is 6.13. The van der Waals surface area contributed by atoms with Gasteiger partial charge in [0.25, 0.3) is 0 Å². The van der Waals surface area contributed by atoms with Crippen LogP contribution in [0.1, 0.15) is 22.3 Å². The van der Waals surface area contributed by atoms with Gasteiger partial charge in [-0.2, -0.15) is 0 Å². The van der Waals surface area contributed by atoms with E-state index in [1.807, 2.05) is 42.5 Å². The van der Waals surface area contributed by atoms with Crippen LogP contribution in [-0.4, -0.2) is 15.0 Å². The van der Waals surface area contributed by atoms with Crippen molar-refractivity contribution in [3.05, 3.63) is 247 Å². The minimum absolute atomic E-state index is 0.525. The van der Waals surface area contributed by atoms with Gasteiger partial charge < -0.3 is 9.47 Å². The van der Waals surface area contributed by atoms with Crippen LogP contribution in [-0.2, 0) is 5.41 Å². The van der Waals surface area contributed by atoms with Crippen LogP contribution >= 0.6 is 0 Å². The molecule has 5 heteroatoms. The van der Waals surface area contributed by atoms with Crippen molar-refractivity contribution in [1.82, 2.24) is 15.0 Å². The number of aromatic nitrogens is 3. The van der Waals surface area contributed by atoms with Gasteiger partial charge in [-0.05, 0) is 74.3 Å². The van der Waals surface area contributed by atoms with Crippen LogP contribution in [0.5, 0.6) is 23.0 Å². The molecule has 0 saturated carbocycles. The SMILES string of the molecule is c1ccc(-c2cccc(-c3nc(-c4ccccc4)nc(-c4ccc(-c5ccc6c(c5)Oc5ccc7c(c5O6)-c5ccccc5C7(c5ccccc5)c5ccccc5)cc4)n3)c2)cc1. The maximum absolute atomic E-state index is 6.89. The third-order valence-electron chi connectivity index (χ3n) is 12.3. The van der Waals surface area contributed by atoms with Gasteiger partial charge in [0.15, 0.2) is 40.5 Å². The van der Waals surface area contributed by atoms with Crippen LogP contribution in [0.4, 0.5) is 0 Å². The predicted molar refractivity (Wildman–Crippen MR) is 251 cm³/mol. The summed E-state index contributed by atoms with van der Waals surface area (Å²) in [6.45, 7) is 0. The fourth-order valence-electron chi connectivity index (χ4n) is 9.37. The van der Waals surface area contributed by atoms with Gasteiger partial charge >= 0.3 is 0 Å². The smallest absolute Gasteiger partial charge is 0.178 e. The van der Waals surface area contributed by atoms with E-state index in [4.69, 9.17) is 24.4 Å². The summed E-state index contributed by atoms with van der Waals surface area (Å²) in [5.74, 6) is 4.61. The average Bonchev–Trinajstić information content (AvgIpc) is 3.68. The van der Waals surface area contributed by atoms with E-state index in [2.05, 4.69) is 182 Å². The van der Waals surface area contributed by atoms with Crippen LogP contribution < -0.4 is 9.47 Å². The normalized spacial score (nSPS) is 12.8. The number of hydrogen-bond acceptors (Lipinski definition) is 5. The van der Waals surface area contributed by atoms with E-state index in [1.54, 1.807) is 0 Å². The quantitative estimate of drug-likeness (QED) is 0.161. The lowest BCUT2D eigenvalue weighted by atomic mass is 9.68. The number of ether oxygens (including phenoxy) is 2. The molecule has 0 saturated heterocycles. The molecule has 5 nitrogen and oxygen atoms in total. The number of benzene rings is 9. The second-order valence-electron chi connectivity index (χ2n) is 15.9. The molecular weight excluding hydrogens is 771 g/mol. The summed E-state index contributed by atoms with van der Waals surface area (Å²) in [5, 5.41) is 0. The number of rotatable bonds is 7. The van der Waals surface area contributed by atoms with Crippen LogP contribution in [0, 0.1) is 0 Å². The summed E-state index contributed by atoms with van der Waals surface area (Å²) >= 11 is 0. The lowest BCUT2D eigenvalue weighted by Crippen LogP contribution is -2.28. The maximum Gasteiger partial charge on any atom is 0.178 e. The van der Waals surface area contributed by atoms with Gasteiger partial charge in [-0.3, -0.25) is 0 Å². The largest absolute Gasteiger partial charge is 0.449 e. The van der Waals surface area contributed by atoms with E-state index in [-0.39, 0.29) is 0 Å². The van der Waals surface area contributed by atoms with Gasteiger partial charge in [0.1, 0.15) is 0 Å². The van der Waals surface area contributed by atoms with E-state index < -0.39 is 5.41 Å². The molecule has 0 unspecified atom stereocenters. The Morgan fingerprint density at radius 2 is 0.778 bits per heavy atom. The number of fused-ring (bicyclic) bond motifs is 6. The van der Waals surface area contributed by atoms with Gasteiger partial charge in [0.05, 0.1) is 5.41 Å². The molecule has 2 aliphatic rings. The first-order chi connectivity index (χ1) is 31.2. The van der Waals surface area contributed by atoms with E-state index in [1.165, 1.54) is 22.3 Å². The Morgan fingerprint density at radius 1 is 0.302 bits per heavy atom. The lowest BCUT2D eigenvalue weighted by molar-refractivity contribution is 0.360. The first-order valence-corrected chi connectivity index (χ1v) is 21.2. The summed E-state index contributed by atoms with van der Waals surface area (Å²) in [6, 6.07) is 77.8. The minimum Gasteiger partial charge on any atom is -0.449 e. The number of nitrogens with zero attached hydrogens (tertiary/aromatic N) is 3. The third-order valence-corrected chi connectivity index (χ3v) is 12.3. The summed E-state index contributed by atoms with van der Waals surface area (Å²) in [7, 11) is 0. The summed E-state index contributed by atoms with van der Waals surface area (Å²) in [6.07, 6.45) is 0. The second kappa shape index (κ2) is 14.9. The Kier molecular flexibility index (Phi) is 8.64. The monoisotopic (exact) mass is 807 g/mol. The van der Waals surface area contributed by atoms with Gasteiger partial charge in [-0.1, -0.05) is 200 Å². The zero-order valence-electron chi connectivity index (χ0n) is 34.0. The molecule has 0 bridgehead atoms. The Bertz CT molecular complexity index is 3280. The van der Waals surface area contributed by atoms with Gasteiger partial charge in [-0.15, -0.1) is 0 Å². The van der Waals surface area contributed by atoms with Crippen molar-refractivity contribution < 1.29 is 9.47 Å². The molecule has 0 N–H and O–H groups in total. The summed E-state index contributed by atoms with van der Waals surface area (Å²) in [4.78, 5) is 15.0. The molecule has 1 aromatic heterocycles. The average molecular weight is 808 g/mol. The highest BCUT2D eigenvalue weighted by molar-refractivity contribution is 5.92. The fourth-order valence-corrected chi connectivity index (χ4v) is 9.37. The molecule has 296 valence electrons. The van der Waals surface area contributed by atoms with E-state index >= 15 is 0 Å². The Labute approximate surface area is 365 Å². The second-order valence-corrected chi connectivity index (χ2v) is 15.9. The molecule has 0 radical (unpaired) electrons. The maximum atomic E-state index is 6.89. The van der Waals surface area contributed by atoms with Crippen molar-refractivity contribution >= 4 is 0 Å². The van der Waals surface area contributed by atoms with Crippen molar-refractivity contribution in [1.29, 1.82) is 0 Å². The zero-order chi connectivity index (χ0) is 41.7. The molecule has 0 fully saturated rings. The number of hydrogen-bond donors (Lipinski definition) is 0. The fraction of sp³-hybridized carbons (Fsp3) is 0.0172. The predicted octanol–water partition coefficient (Wildman–Crippen LogP) is 14.5. The van der Waals surface area contributed by atoms with Crippen molar-refractivity contribution in [2.75, 3.05) is 0 Å². The summed E-state index contributed by atoms with van der Waals surface area (Å²) in [5.41, 5.74) is 13.5. The zero-order valence-corrected chi connectivity index (χ0v) is 34.0. The van der Waals surface area contributed by atoms with Gasteiger partial charge in [-0.25, -0.2) is 15.0 Å². The van der Waals surface area contributed by atoms with Crippen molar-refractivity contribution in [2.24, 2.45) is 0 Å². The van der Waals surface area contributed by atoms with Crippen molar-refractivity contribution in [2.45, 2.75) is 5.41 Å². The first kappa shape index (κ1) is 36.4. The van der Waals surface area contributed by atoms with E-state index in [0.29, 0.717) is 34.7 Å². The molecule has 0 atom stereocenters. The van der Waals surface area contributed by atoms with Crippen LogP contribution in [0.2, 0.25) is 0 Å². The molecule has 63 heavy (non-hydrogen) atoms. The molecule has 10 aromatic rings. The lowest BCUT2D eigenvalue weighted by Gasteiger charge is -2.34. The molecule has 0 spiro atoms. The highest BCUT2D eigenvalue weighted by Crippen LogP contribution is 2.62. The van der Waals surface area contributed by atoms with Crippen LogP contribution in [0.25, 0.3) is 67.5 Å². The molecule has 0 amide bonds. The van der Waals surface area contributed by atoms with Crippen molar-refractivity contribution in [3.63, 3.8) is 0 Å². The van der Waals surface area contributed by atoms with Crippen LogP contribution in [0.3, 0.4) is 0 Å². The molecular formula is C58H37N3O2. The van der Waals surface area contributed by atoms with E-state index in [0.717, 1.165) is 55.8 Å². The molecule has 9 aromatic carbocycles.